The number of hydrogen-bond acceptors (Lipinski definition) is 4. The maximum atomic E-state index is 10.6. The third-order valence-corrected chi connectivity index (χ3v) is 8.40. The van der Waals surface area contributed by atoms with Crippen molar-refractivity contribution < 1.29 is 9.11 Å². The summed E-state index contributed by atoms with van der Waals surface area (Å²) in [5.74, 6) is 0. The van der Waals surface area contributed by atoms with Gasteiger partial charge in [0.2, 0.25) is 0 Å². The number of thiocarbonyl (C=S) groups is 1. The van der Waals surface area contributed by atoms with Gasteiger partial charge in [0.1, 0.15) is 5.08 Å². The molecule has 1 aliphatic heterocycles. The first-order valence-electron chi connectivity index (χ1n) is 9.72. The summed E-state index contributed by atoms with van der Waals surface area (Å²) < 4.78 is 22.7. The molecule has 0 unspecified atom stereocenters. The first-order valence-corrected chi connectivity index (χ1v) is 12.8. The van der Waals surface area contributed by atoms with E-state index in [1.54, 1.807) is 0 Å². The average Bonchev–Trinajstić information content (AvgIpc) is 3.09. The second-order valence-corrected chi connectivity index (χ2v) is 10.6. The van der Waals surface area contributed by atoms with Crippen molar-refractivity contribution in [2.24, 2.45) is 4.99 Å². The van der Waals surface area contributed by atoms with E-state index in [1.165, 1.54) is 16.1 Å². The summed E-state index contributed by atoms with van der Waals surface area (Å²) >= 11 is 7.04. The SMILES string of the molecule is OS1(O)CSC(=NC(=S)N(Cc2ccccc2)Cc2ccccc2)N1c1ccccc1. The Morgan fingerprint density at radius 2 is 1.35 bits per heavy atom. The molecule has 3 aromatic rings. The topological polar surface area (TPSA) is 59.3 Å². The van der Waals surface area contributed by atoms with Crippen molar-refractivity contribution in [3.63, 3.8) is 0 Å². The quantitative estimate of drug-likeness (QED) is 0.434. The van der Waals surface area contributed by atoms with Crippen LogP contribution in [0, 0.1) is 0 Å². The van der Waals surface area contributed by atoms with Gasteiger partial charge in [0, 0.05) is 13.1 Å². The van der Waals surface area contributed by atoms with Crippen LogP contribution in [0.5, 0.6) is 0 Å². The van der Waals surface area contributed by atoms with E-state index in [2.05, 4.69) is 29.3 Å². The van der Waals surface area contributed by atoms with Gasteiger partial charge in [-0.2, -0.15) is 4.99 Å². The lowest BCUT2D eigenvalue weighted by Crippen LogP contribution is -2.31. The highest BCUT2D eigenvalue weighted by Crippen LogP contribution is 2.55. The first-order chi connectivity index (χ1) is 15.0. The Morgan fingerprint density at radius 1 is 0.871 bits per heavy atom. The molecule has 4 rings (SSSR count). The molecule has 0 saturated carbocycles. The monoisotopic (exact) mass is 469 g/mol. The molecular weight excluding hydrogens is 446 g/mol. The summed E-state index contributed by atoms with van der Waals surface area (Å²) in [5, 5.41) is 1.08. The Bertz CT molecular complexity index is 1010. The number of para-hydroxylation sites is 1. The predicted molar refractivity (Wildman–Crippen MR) is 136 cm³/mol. The molecule has 0 atom stereocenters. The molecule has 0 aliphatic carbocycles. The van der Waals surface area contributed by atoms with Gasteiger partial charge in [-0.3, -0.25) is 9.11 Å². The fourth-order valence-electron chi connectivity index (χ4n) is 3.24. The minimum absolute atomic E-state index is 0.167. The van der Waals surface area contributed by atoms with Crippen LogP contribution in [0.25, 0.3) is 0 Å². The molecule has 5 nitrogen and oxygen atoms in total. The van der Waals surface area contributed by atoms with Gasteiger partial charge in [-0.15, -0.1) is 10.8 Å². The number of amidine groups is 1. The van der Waals surface area contributed by atoms with Crippen molar-refractivity contribution in [3.8, 4) is 0 Å². The number of nitrogens with zero attached hydrogens (tertiary/aromatic N) is 3. The highest BCUT2D eigenvalue weighted by atomic mass is 32.3. The van der Waals surface area contributed by atoms with Crippen molar-refractivity contribution in [2.45, 2.75) is 13.1 Å². The lowest BCUT2D eigenvalue weighted by atomic mass is 10.2. The van der Waals surface area contributed by atoms with E-state index in [-0.39, 0.29) is 5.08 Å². The van der Waals surface area contributed by atoms with Crippen LogP contribution in [-0.2, 0) is 13.1 Å². The van der Waals surface area contributed by atoms with Gasteiger partial charge in [0.15, 0.2) is 10.3 Å². The zero-order valence-electron chi connectivity index (χ0n) is 16.7. The fourth-order valence-corrected chi connectivity index (χ4v) is 6.63. The molecule has 160 valence electrons. The van der Waals surface area contributed by atoms with Crippen LogP contribution in [0.4, 0.5) is 5.69 Å². The summed E-state index contributed by atoms with van der Waals surface area (Å²) in [6, 6.07) is 29.5. The second-order valence-electron chi connectivity index (χ2n) is 7.03. The van der Waals surface area contributed by atoms with Crippen LogP contribution in [-0.4, -0.2) is 29.4 Å². The predicted octanol–water partition coefficient (Wildman–Crippen LogP) is 6.21. The molecular formula is C23H23N3O2S3. The number of thioether (sulfide) groups is 1. The number of aliphatic imine (C=N–C) groups is 1. The third kappa shape index (κ3) is 5.47. The summed E-state index contributed by atoms with van der Waals surface area (Å²) in [6.07, 6.45) is 0. The van der Waals surface area contributed by atoms with Crippen LogP contribution in [0.2, 0.25) is 0 Å². The third-order valence-electron chi connectivity index (χ3n) is 4.70. The minimum Gasteiger partial charge on any atom is -0.339 e. The molecule has 1 fully saturated rings. The Morgan fingerprint density at radius 3 is 1.87 bits per heavy atom. The number of hydrogen-bond donors (Lipinski definition) is 2. The summed E-state index contributed by atoms with van der Waals surface area (Å²) in [5.41, 5.74) is 2.94. The van der Waals surface area contributed by atoms with E-state index in [1.807, 2.05) is 71.6 Å². The maximum absolute atomic E-state index is 10.6. The lowest BCUT2D eigenvalue weighted by Gasteiger charge is -2.36. The molecule has 3 aromatic carbocycles. The van der Waals surface area contributed by atoms with E-state index >= 15 is 0 Å². The molecule has 0 radical (unpaired) electrons. The molecule has 0 aromatic heterocycles. The Kier molecular flexibility index (Phi) is 6.94. The average molecular weight is 470 g/mol. The number of rotatable bonds is 5. The smallest absolute Gasteiger partial charge is 0.198 e. The van der Waals surface area contributed by atoms with Gasteiger partial charge in [0.25, 0.3) is 0 Å². The van der Waals surface area contributed by atoms with Crippen molar-refractivity contribution in [3.05, 3.63) is 102 Å². The highest BCUT2D eigenvalue weighted by Gasteiger charge is 2.36. The van der Waals surface area contributed by atoms with Crippen LogP contribution in [0.15, 0.2) is 96.0 Å². The molecule has 1 aliphatic rings. The second kappa shape index (κ2) is 9.84. The van der Waals surface area contributed by atoms with Gasteiger partial charge in [-0.1, -0.05) is 90.6 Å². The van der Waals surface area contributed by atoms with Crippen LogP contribution >= 0.6 is 34.8 Å². The molecule has 1 heterocycles. The maximum Gasteiger partial charge on any atom is 0.198 e. The fraction of sp³-hybridized carbons (Fsp3) is 0.130. The summed E-state index contributed by atoms with van der Waals surface area (Å²) in [4.78, 5) is 6.71. The lowest BCUT2D eigenvalue weighted by molar-refractivity contribution is 0.410. The van der Waals surface area contributed by atoms with Gasteiger partial charge in [-0.25, -0.2) is 4.31 Å². The van der Waals surface area contributed by atoms with Gasteiger partial charge in [0.05, 0.1) is 5.69 Å². The van der Waals surface area contributed by atoms with E-state index in [0.717, 1.165) is 11.1 Å². The van der Waals surface area contributed by atoms with Crippen molar-refractivity contribution in [1.82, 2.24) is 4.90 Å². The van der Waals surface area contributed by atoms with Gasteiger partial charge < -0.3 is 4.90 Å². The van der Waals surface area contributed by atoms with Crippen molar-refractivity contribution in [1.29, 1.82) is 0 Å². The van der Waals surface area contributed by atoms with E-state index in [0.29, 0.717) is 29.1 Å². The van der Waals surface area contributed by atoms with Gasteiger partial charge in [-0.05, 0) is 35.5 Å². The van der Waals surface area contributed by atoms with E-state index in [4.69, 9.17) is 12.2 Å². The zero-order chi connectivity index (χ0) is 21.7. The van der Waals surface area contributed by atoms with Crippen LogP contribution in [0.3, 0.4) is 0 Å². The first kappa shape index (κ1) is 21.9. The van der Waals surface area contributed by atoms with Crippen LogP contribution < -0.4 is 4.31 Å². The normalized spacial score (nSPS) is 17.5. The molecule has 0 bridgehead atoms. The zero-order valence-corrected chi connectivity index (χ0v) is 19.2. The number of benzene rings is 3. The van der Waals surface area contributed by atoms with Crippen molar-refractivity contribution >= 4 is 50.7 Å². The van der Waals surface area contributed by atoms with Crippen molar-refractivity contribution in [2.75, 3.05) is 9.39 Å². The van der Waals surface area contributed by atoms with Gasteiger partial charge >= 0.3 is 0 Å². The number of anilines is 1. The Hall–Kier alpha value is -2.36. The Balaban J connectivity index is 1.63. The molecule has 0 spiro atoms. The minimum atomic E-state index is -2.99. The summed E-state index contributed by atoms with van der Waals surface area (Å²) in [7, 11) is -2.99. The molecule has 8 heteroatoms. The standard InChI is InChI=1S/C23H23N3O2S3/c27-31(28)18-30-23(26(31)21-14-8-3-9-15-21)24-22(29)25(16-19-10-4-1-5-11-19)17-20-12-6-2-7-13-20/h1-15,27-28H,16-18H2. The van der Waals surface area contributed by atoms with Crippen LogP contribution in [0.1, 0.15) is 11.1 Å². The van der Waals surface area contributed by atoms with E-state index in [9.17, 15) is 9.11 Å². The highest BCUT2D eigenvalue weighted by molar-refractivity contribution is 8.41. The molecule has 0 amide bonds. The molecule has 1 saturated heterocycles. The molecule has 31 heavy (non-hydrogen) atoms. The van der Waals surface area contributed by atoms with E-state index < -0.39 is 10.8 Å². The molecule has 2 N–H and O–H groups in total. The largest absolute Gasteiger partial charge is 0.339 e. The Labute approximate surface area is 193 Å². The summed E-state index contributed by atoms with van der Waals surface area (Å²) in [6.45, 7) is 1.22.